The van der Waals surface area contributed by atoms with Crippen molar-refractivity contribution in [3.05, 3.63) is 29.8 Å². The average Bonchev–Trinajstić information content (AvgIpc) is 2.77. The zero-order valence-corrected chi connectivity index (χ0v) is 9.78. The van der Waals surface area contributed by atoms with Gasteiger partial charge in [0.2, 0.25) is 0 Å². The second-order valence-electron chi connectivity index (χ2n) is 5.20. The van der Waals surface area contributed by atoms with Crippen LogP contribution in [0.15, 0.2) is 24.3 Å². The van der Waals surface area contributed by atoms with Gasteiger partial charge in [0.25, 0.3) is 0 Å². The van der Waals surface area contributed by atoms with Gasteiger partial charge in [0.1, 0.15) is 5.78 Å². The summed E-state index contributed by atoms with van der Waals surface area (Å²) in [5, 5.41) is 14.0. The molecule has 1 unspecified atom stereocenters. The van der Waals surface area contributed by atoms with Crippen molar-refractivity contribution in [1.82, 2.24) is 0 Å². The Bertz CT molecular complexity index is 420. The zero-order valence-electron chi connectivity index (χ0n) is 9.78. The Morgan fingerprint density at radius 2 is 1.94 bits per heavy atom. The number of hydrogen-bond acceptors (Lipinski definition) is 3. The number of para-hydroxylation sites is 1. The molecule has 1 aliphatic heterocycles. The maximum absolute atomic E-state index is 11.3. The van der Waals surface area contributed by atoms with Crippen LogP contribution in [-0.2, 0) is 11.2 Å². The number of rotatable bonds is 1. The van der Waals surface area contributed by atoms with Crippen molar-refractivity contribution < 1.29 is 9.90 Å². The Balaban J connectivity index is 1.78. The number of hydrogen-bond donors (Lipinski definition) is 2. The molecule has 1 aromatic carbocycles. The SMILES string of the molecule is O=C1CCC(O)(C2Cc3ccccc3N2)CC1. The minimum atomic E-state index is -0.715. The fraction of sp³-hybridized carbons (Fsp3) is 0.500. The van der Waals surface area contributed by atoms with Gasteiger partial charge in [0, 0.05) is 18.5 Å². The van der Waals surface area contributed by atoms with E-state index in [2.05, 4.69) is 11.4 Å². The number of Topliss-reactive ketones (excluding diaryl/α,β-unsaturated/α-hetero) is 1. The van der Waals surface area contributed by atoms with Gasteiger partial charge in [-0.15, -0.1) is 0 Å². The number of anilines is 1. The maximum Gasteiger partial charge on any atom is 0.133 e. The molecule has 90 valence electrons. The van der Waals surface area contributed by atoms with Gasteiger partial charge < -0.3 is 10.4 Å². The lowest BCUT2D eigenvalue weighted by Gasteiger charge is -2.37. The summed E-state index contributed by atoms with van der Waals surface area (Å²) in [7, 11) is 0. The van der Waals surface area contributed by atoms with E-state index >= 15 is 0 Å². The molecule has 1 aromatic rings. The molecule has 1 atom stereocenters. The van der Waals surface area contributed by atoms with Crippen LogP contribution in [0.2, 0.25) is 0 Å². The molecule has 0 saturated heterocycles. The molecule has 0 aromatic heterocycles. The fourth-order valence-corrected chi connectivity index (χ4v) is 2.93. The summed E-state index contributed by atoms with van der Waals surface area (Å²) in [5.74, 6) is 0.283. The van der Waals surface area contributed by atoms with Crippen LogP contribution in [-0.4, -0.2) is 22.5 Å². The molecule has 0 spiro atoms. The van der Waals surface area contributed by atoms with Crippen LogP contribution in [0, 0.1) is 0 Å². The van der Waals surface area contributed by atoms with Crippen molar-refractivity contribution >= 4 is 11.5 Å². The molecule has 1 aliphatic carbocycles. The number of benzene rings is 1. The highest BCUT2D eigenvalue weighted by molar-refractivity contribution is 5.79. The number of aliphatic hydroxyl groups is 1. The summed E-state index contributed by atoms with van der Waals surface area (Å²) in [6.07, 6.45) is 3.09. The summed E-state index contributed by atoms with van der Waals surface area (Å²) in [4.78, 5) is 11.3. The highest BCUT2D eigenvalue weighted by Crippen LogP contribution is 2.37. The van der Waals surface area contributed by atoms with Crippen molar-refractivity contribution in [3.63, 3.8) is 0 Å². The van der Waals surface area contributed by atoms with Crippen molar-refractivity contribution in [2.24, 2.45) is 0 Å². The molecule has 17 heavy (non-hydrogen) atoms. The van der Waals surface area contributed by atoms with E-state index in [1.165, 1.54) is 5.56 Å². The van der Waals surface area contributed by atoms with Gasteiger partial charge in [0.15, 0.2) is 0 Å². The quantitative estimate of drug-likeness (QED) is 0.776. The van der Waals surface area contributed by atoms with Gasteiger partial charge in [-0.05, 0) is 30.9 Å². The monoisotopic (exact) mass is 231 g/mol. The molecule has 3 rings (SSSR count). The molecule has 0 bridgehead atoms. The van der Waals surface area contributed by atoms with Crippen LogP contribution < -0.4 is 5.32 Å². The molecule has 1 saturated carbocycles. The average molecular weight is 231 g/mol. The first-order chi connectivity index (χ1) is 8.17. The zero-order chi connectivity index (χ0) is 11.9. The van der Waals surface area contributed by atoms with E-state index in [-0.39, 0.29) is 11.8 Å². The minimum Gasteiger partial charge on any atom is -0.388 e. The van der Waals surface area contributed by atoms with Gasteiger partial charge in [-0.3, -0.25) is 4.79 Å². The lowest BCUT2D eigenvalue weighted by molar-refractivity contribution is -0.126. The third-order valence-corrected chi connectivity index (χ3v) is 4.09. The molecule has 0 radical (unpaired) electrons. The molecule has 0 amide bonds. The predicted octanol–water partition coefficient (Wildman–Crippen LogP) is 1.90. The first-order valence-electron chi connectivity index (χ1n) is 6.26. The van der Waals surface area contributed by atoms with E-state index in [0.29, 0.717) is 25.7 Å². The standard InChI is InChI=1S/C14H17NO2/c16-11-5-7-14(17,8-6-11)13-9-10-3-1-2-4-12(10)15-13/h1-4,13,15,17H,5-9H2. The smallest absolute Gasteiger partial charge is 0.133 e. The van der Waals surface area contributed by atoms with E-state index in [4.69, 9.17) is 0 Å². The molecular weight excluding hydrogens is 214 g/mol. The Hall–Kier alpha value is -1.35. The number of nitrogens with one attached hydrogen (secondary N) is 1. The Labute approximate surface area is 101 Å². The van der Waals surface area contributed by atoms with Gasteiger partial charge in [0.05, 0.1) is 11.6 Å². The normalized spacial score (nSPS) is 26.4. The van der Waals surface area contributed by atoms with E-state index in [9.17, 15) is 9.90 Å². The van der Waals surface area contributed by atoms with Crippen molar-refractivity contribution in [2.75, 3.05) is 5.32 Å². The van der Waals surface area contributed by atoms with E-state index in [1.807, 2.05) is 18.2 Å². The first kappa shape index (κ1) is 10.8. The summed E-state index contributed by atoms with van der Waals surface area (Å²) < 4.78 is 0. The van der Waals surface area contributed by atoms with E-state index in [1.54, 1.807) is 0 Å². The molecule has 2 aliphatic rings. The van der Waals surface area contributed by atoms with Crippen LogP contribution in [0.5, 0.6) is 0 Å². The number of carbonyl (C=O) groups is 1. The maximum atomic E-state index is 11.3. The molecule has 1 heterocycles. The third-order valence-electron chi connectivity index (χ3n) is 4.09. The van der Waals surface area contributed by atoms with Crippen LogP contribution in [0.3, 0.4) is 0 Å². The largest absolute Gasteiger partial charge is 0.388 e. The van der Waals surface area contributed by atoms with Gasteiger partial charge in [-0.2, -0.15) is 0 Å². The Kier molecular flexibility index (Phi) is 2.44. The number of ketones is 1. The predicted molar refractivity (Wildman–Crippen MR) is 66.0 cm³/mol. The van der Waals surface area contributed by atoms with E-state index < -0.39 is 5.60 Å². The second-order valence-corrected chi connectivity index (χ2v) is 5.20. The van der Waals surface area contributed by atoms with Crippen LogP contribution in [0.1, 0.15) is 31.2 Å². The molecule has 1 fully saturated rings. The highest BCUT2D eigenvalue weighted by atomic mass is 16.3. The summed E-state index contributed by atoms with van der Waals surface area (Å²) in [5.41, 5.74) is 1.68. The second kappa shape index (κ2) is 3.84. The Morgan fingerprint density at radius 1 is 1.24 bits per heavy atom. The lowest BCUT2D eigenvalue weighted by atomic mass is 9.78. The summed E-state index contributed by atoms with van der Waals surface area (Å²) in [6.45, 7) is 0. The Morgan fingerprint density at radius 3 is 2.65 bits per heavy atom. The van der Waals surface area contributed by atoms with Crippen molar-refractivity contribution in [2.45, 2.75) is 43.7 Å². The van der Waals surface area contributed by atoms with Crippen molar-refractivity contribution in [1.29, 1.82) is 0 Å². The van der Waals surface area contributed by atoms with Gasteiger partial charge >= 0.3 is 0 Å². The molecule has 2 N–H and O–H groups in total. The highest BCUT2D eigenvalue weighted by Gasteiger charge is 2.42. The van der Waals surface area contributed by atoms with Crippen LogP contribution >= 0.6 is 0 Å². The third kappa shape index (κ3) is 1.84. The van der Waals surface area contributed by atoms with Crippen LogP contribution in [0.4, 0.5) is 5.69 Å². The molecule has 3 heteroatoms. The molecule has 3 nitrogen and oxygen atoms in total. The first-order valence-corrected chi connectivity index (χ1v) is 6.26. The lowest BCUT2D eigenvalue weighted by Crippen LogP contribution is -2.48. The van der Waals surface area contributed by atoms with Crippen LogP contribution in [0.25, 0.3) is 0 Å². The van der Waals surface area contributed by atoms with Crippen molar-refractivity contribution in [3.8, 4) is 0 Å². The number of fused-ring (bicyclic) bond motifs is 1. The van der Waals surface area contributed by atoms with Gasteiger partial charge in [-0.25, -0.2) is 0 Å². The van der Waals surface area contributed by atoms with Gasteiger partial charge in [-0.1, -0.05) is 18.2 Å². The summed E-state index contributed by atoms with van der Waals surface area (Å²) in [6, 6.07) is 8.24. The summed E-state index contributed by atoms with van der Waals surface area (Å²) >= 11 is 0. The van der Waals surface area contributed by atoms with E-state index in [0.717, 1.165) is 12.1 Å². The topological polar surface area (TPSA) is 49.3 Å². The fourth-order valence-electron chi connectivity index (χ4n) is 2.93. The number of carbonyl (C=O) groups excluding carboxylic acids is 1. The molecular formula is C14H17NO2. The minimum absolute atomic E-state index is 0.0630.